The van der Waals surface area contributed by atoms with Crippen molar-refractivity contribution in [2.24, 2.45) is 0 Å². The highest BCUT2D eigenvalue weighted by molar-refractivity contribution is 5.36. The number of aliphatic hydroxyl groups excluding tert-OH is 1. The van der Waals surface area contributed by atoms with Gasteiger partial charge in [0.05, 0.1) is 6.26 Å². The maximum atomic E-state index is 10.0. The Kier molecular flexibility index (Phi) is 4.60. The number of furan rings is 1. The third kappa shape index (κ3) is 3.52. The van der Waals surface area contributed by atoms with Crippen LogP contribution in [0.25, 0.3) is 5.69 Å². The summed E-state index contributed by atoms with van der Waals surface area (Å²) < 4.78 is 7.25. The molecule has 5 nitrogen and oxygen atoms in total. The standard InChI is InChI=1S/C18H21N3O2/c1-13(20-12-17(22)18-4-3-11-23-18)15-5-7-16(8-6-15)21-10-9-19-14(21)2/h3-11,13,17,20,22H,12H2,1-2H3/t13-,17-/m0/s1. The molecule has 5 heteroatoms. The molecule has 0 aliphatic rings. The zero-order chi connectivity index (χ0) is 16.2. The molecule has 120 valence electrons. The maximum Gasteiger partial charge on any atom is 0.133 e. The first-order valence-electron chi connectivity index (χ1n) is 7.70. The van der Waals surface area contributed by atoms with Gasteiger partial charge in [-0.2, -0.15) is 0 Å². The van der Waals surface area contributed by atoms with E-state index in [1.54, 1.807) is 24.6 Å². The van der Waals surface area contributed by atoms with Gasteiger partial charge in [0.2, 0.25) is 0 Å². The van der Waals surface area contributed by atoms with Crippen molar-refractivity contribution in [3.05, 3.63) is 72.2 Å². The second-order valence-corrected chi connectivity index (χ2v) is 5.60. The average Bonchev–Trinajstić information content (AvgIpc) is 3.24. The molecule has 2 atom stereocenters. The lowest BCUT2D eigenvalue weighted by atomic mass is 10.1. The van der Waals surface area contributed by atoms with Crippen LogP contribution >= 0.6 is 0 Å². The van der Waals surface area contributed by atoms with E-state index in [1.165, 1.54) is 0 Å². The number of nitrogens with one attached hydrogen (secondary N) is 1. The molecule has 0 spiro atoms. The minimum absolute atomic E-state index is 0.137. The first-order valence-corrected chi connectivity index (χ1v) is 7.70. The molecule has 0 radical (unpaired) electrons. The molecular formula is C18H21N3O2. The second-order valence-electron chi connectivity index (χ2n) is 5.60. The lowest BCUT2D eigenvalue weighted by molar-refractivity contribution is 0.144. The minimum Gasteiger partial charge on any atom is -0.467 e. The summed E-state index contributed by atoms with van der Waals surface area (Å²) in [5.74, 6) is 1.54. The van der Waals surface area contributed by atoms with E-state index < -0.39 is 6.10 Å². The SMILES string of the molecule is Cc1nccn1-c1ccc([C@H](C)NC[C@H](O)c2ccco2)cc1. The fourth-order valence-electron chi connectivity index (χ4n) is 2.56. The summed E-state index contributed by atoms with van der Waals surface area (Å²) in [6.07, 6.45) is 4.67. The Balaban J connectivity index is 1.61. The number of hydrogen-bond acceptors (Lipinski definition) is 4. The Hall–Kier alpha value is -2.37. The molecule has 0 saturated carbocycles. The molecule has 2 aromatic heterocycles. The molecule has 0 unspecified atom stereocenters. The van der Waals surface area contributed by atoms with Crippen molar-refractivity contribution >= 4 is 0 Å². The maximum absolute atomic E-state index is 10.0. The van der Waals surface area contributed by atoms with E-state index in [4.69, 9.17) is 4.42 Å². The van der Waals surface area contributed by atoms with Gasteiger partial charge in [0.1, 0.15) is 17.7 Å². The van der Waals surface area contributed by atoms with Crippen molar-refractivity contribution in [3.8, 4) is 5.69 Å². The molecule has 1 aromatic carbocycles. The number of rotatable bonds is 6. The van der Waals surface area contributed by atoms with Gasteiger partial charge < -0.3 is 19.4 Å². The summed E-state index contributed by atoms with van der Waals surface area (Å²) in [6.45, 7) is 4.50. The lowest BCUT2D eigenvalue weighted by Gasteiger charge is -2.17. The summed E-state index contributed by atoms with van der Waals surface area (Å²) in [7, 11) is 0. The van der Waals surface area contributed by atoms with Gasteiger partial charge in [-0.1, -0.05) is 12.1 Å². The van der Waals surface area contributed by atoms with Crippen LogP contribution in [0.5, 0.6) is 0 Å². The average molecular weight is 311 g/mol. The summed E-state index contributed by atoms with van der Waals surface area (Å²) in [5, 5.41) is 13.4. The molecule has 0 fully saturated rings. The van der Waals surface area contributed by atoms with Crippen molar-refractivity contribution in [2.75, 3.05) is 6.54 Å². The van der Waals surface area contributed by atoms with Crippen LogP contribution in [-0.2, 0) is 0 Å². The quantitative estimate of drug-likeness (QED) is 0.734. The molecule has 0 amide bonds. The van der Waals surface area contributed by atoms with E-state index in [-0.39, 0.29) is 6.04 Å². The van der Waals surface area contributed by atoms with Gasteiger partial charge in [0.25, 0.3) is 0 Å². The number of aromatic nitrogens is 2. The highest BCUT2D eigenvalue weighted by Crippen LogP contribution is 2.18. The Morgan fingerprint density at radius 2 is 2.04 bits per heavy atom. The van der Waals surface area contributed by atoms with Crippen LogP contribution in [0.4, 0.5) is 0 Å². The fraction of sp³-hybridized carbons (Fsp3) is 0.278. The molecular weight excluding hydrogens is 290 g/mol. The van der Waals surface area contributed by atoms with E-state index in [9.17, 15) is 5.11 Å². The van der Waals surface area contributed by atoms with Crippen molar-refractivity contribution in [3.63, 3.8) is 0 Å². The third-order valence-electron chi connectivity index (χ3n) is 3.99. The molecule has 23 heavy (non-hydrogen) atoms. The number of hydrogen-bond donors (Lipinski definition) is 2. The normalized spacial score (nSPS) is 13.9. The molecule has 0 aliphatic carbocycles. The van der Waals surface area contributed by atoms with Gasteiger partial charge in [-0.3, -0.25) is 0 Å². The number of imidazole rings is 1. The lowest BCUT2D eigenvalue weighted by Crippen LogP contribution is -2.24. The zero-order valence-electron chi connectivity index (χ0n) is 13.3. The van der Waals surface area contributed by atoms with E-state index in [0.717, 1.165) is 17.1 Å². The number of aryl methyl sites for hydroxylation is 1. The van der Waals surface area contributed by atoms with Crippen molar-refractivity contribution < 1.29 is 9.52 Å². The van der Waals surface area contributed by atoms with Crippen molar-refractivity contribution in [2.45, 2.75) is 26.0 Å². The van der Waals surface area contributed by atoms with Gasteiger partial charge in [-0.05, 0) is 43.7 Å². The smallest absolute Gasteiger partial charge is 0.133 e. The van der Waals surface area contributed by atoms with Gasteiger partial charge in [0.15, 0.2) is 0 Å². The van der Waals surface area contributed by atoms with E-state index in [1.807, 2.05) is 17.7 Å². The van der Waals surface area contributed by atoms with Crippen LogP contribution in [0.2, 0.25) is 0 Å². The van der Waals surface area contributed by atoms with Crippen molar-refractivity contribution in [1.29, 1.82) is 0 Å². The molecule has 2 N–H and O–H groups in total. The van der Waals surface area contributed by atoms with Crippen LogP contribution in [-0.4, -0.2) is 21.2 Å². The second kappa shape index (κ2) is 6.81. The molecule has 2 heterocycles. The van der Waals surface area contributed by atoms with E-state index in [2.05, 4.69) is 41.5 Å². The van der Waals surface area contributed by atoms with E-state index >= 15 is 0 Å². The van der Waals surface area contributed by atoms with Gasteiger partial charge in [-0.25, -0.2) is 4.98 Å². The number of nitrogens with zero attached hydrogens (tertiary/aromatic N) is 2. The van der Waals surface area contributed by atoms with Crippen LogP contribution in [0.3, 0.4) is 0 Å². The minimum atomic E-state index is -0.639. The Morgan fingerprint density at radius 3 is 2.65 bits per heavy atom. The summed E-state index contributed by atoms with van der Waals surface area (Å²) in [5.41, 5.74) is 2.25. The molecule has 3 rings (SSSR count). The van der Waals surface area contributed by atoms with Crippen LogP contribution in [0, 0.1) is 6.92 Å². The van der Waals surface area contributed by atoms with Crippen LogP contribution in [0.1, 0.15) is 36.2 Å². The van der Waals surface area contributed by atoms with Gasteiger partial charge in [0, 0.05) is 30.7 Å². The van der Waals surface area contributed by atoms with Crippen LogP contribution < -0.4 is 5.32 Å². The Morgan fingerprint density at radius 1 is 1.26 bits per heavy atom. The fourth-order valence-corrected chi connectivity index (χ4v) is 2.56. The Bertz CT molecular complexity index is 732. The largest absolute Gasteiger partial charge is 0.467 e. The number of benzene rings is 1. The molecule has 3 aromatic rings. The third-order valence-corrected chi connectivity index (χ3v) is 3.99. The van der Waals surface area contributed by atoms with E-state index in [0.29, 0.717) is 12.3 Å². The molecule has 0 saturated heterocycles. The predicted octanol–water partition coefficient (Wildman–Crippen LogP) is 3.16. The van der Waals surface area contributed by atoms with Crippen LogP contribution in [0.15, 0.2) is 59.5 Å². The predicted molar refractivity (Wildman–Crippen MR) is 88.4 cm³/mol. The van der Waals surface area contributed by atoms with Gasteiger partial charge >= 0.3 is 0 Å². The topological polar surface area (TPSA) is 63.2 Å². The Labute approximate surface area is 135 Å². The molecule has 0 aliphatic heterocycles. The highest BCUT2D eigenvalue weighted by Gasteiger charge is 2.12. The highest BCUT2D eigenvalue weighted by atomic mass is 16.4. The van der Waals surface area contributed by atoms with Gasteiger partial charge in [-0.15, -0.1) is 0 Å². The first kappa shape index (κ1) is 15.5. The monoisotopic (exact) mass is 311 g/mol. The summed E-state index contributed by atoms with van der Waals surface area (Å²) in [4.78, 5) is 4.24. The van der Waals surface area contributed by atoms with Crippen molar-refractivity contribution in [1.82, 2.24) is 14.9 Å². The summed E-state index contributed by atoms with van der Waals surface area (Å²) >= 11 is 0. The summed E-state index contributed by atoms with van der Waals surface area (Å²) in [6, 6.07) is 12.0. The zero-order valence-corrected chi connectivity index (χ0v) is 13.3. The number of aliphatic hydroxyl groups is 1. The first-order chi connectivity index (χ1) is 11.1. The molecule has 0 bridgehead atoms.